The van der Waals surface area contributed by atoms with Crippen LogP contribution in [0.3, 0.4) is 0 Å². The normalized spacial score (nSPS) is 21.9. The Morgan fingerprint density at radius 1 is 1.25 bits per heavy atom. The Kier molecular flexibility index (Phi) is 1.96. The minimum atomic E-state index is 0.130. The summed E-state index contributed by atoms with van der Waals surface area (Å²) in [4.78, 5) is 18.0. The van der Waals surface area contributed by atoms with Crippen molar-refractivity contribution in [2.24, 2.45) is 4.99 Å². The Hall–Kier alpha value is -2.16. The van der Waals surface area contributed by atoms with E-state index in [4.69, 9.17) is 0 Å². The van der Waals surface area contributed by atoms with Crippen molar-refractivity contribution in [2.45, 2.75) is 6.42 Å². The lowest BCUT2D eigenvalue weighted by atomic mass is 9.97. The van der Waals surface area contributed by atoms with Crippen LogP contribution in [0.5, 0.6) is 0 Å². The first kappa shape index (κ1) is 9.09. The number of carbonyl (C=O) groups is 1. The number of carbonyl (C=O) groups excluding carboxylic acids is 1. The van der Waals surface area contributed by atoms with Crippen LogP contribution in [0.4, 0.5) is 0 Å². The van der Waals surface area contributed by atoms with Crippen LogP contribution in [0.2, 0.25) is 0 Å². The quantitative estimate of drug-likeness (QED) is 0.613. The molecule has 0 atom stereocenters. The van der Waals surface area contributed by atoms with Crippen molar-refractivity contribution in [1.82, 2.24) is 4.90 Å². The largest absolute Gasteiger partial charge is 0.308 e. The Morgan fingerprint density at radius 2 is 2.19 bits per heavy atom. The van der Waals surface area contributed by atoms with Gasteiger partial charge in [-0.25, -0.2) is 4.99 Å². The molecule has 2 heterocycles. The van der Waals surface area contributed by atoms with Crippen LogP contribution in [0.15, 0.2) is 65.2 Å². The fourth-order valence-electron chi connectivity index (χ4n) is 1.83. The zero-order valence-electron chi connectivity index (χ0n) is 8.63. The Bertz CT molecular complexity index is 530. The first-order chi connectivity index (χ1) is 7.84. The van der Waals surface area contributed by atoms with E-state index in [1.807, 2.05) is 53.8 Å². The van der Waals surface area contributed by atoms with Crippen molar-refractivity contribution < 1.29 is 4.79 Å². The molecule has 3 aliphatic rings. The number of aliphatic imine (C=N–C) groups is 1. The van der Waals surface area contributed by atoms with Gasteiger partial charge in [-0.05, 0) is 18.2 Å². The maximum atomic E-state index is 11.7. The van der Waals surface area contributed by atoms with Gasteiger partial charge in [-0.1, -0.05) is 18.2 Å². The molecule has 0 saturated heterocycles. The SMILES string of the molecule is O=C1CC=CC2=NC3=CC=CC=CN3C=C12. The van der Waals surface area contributed by atoms with Gasteiger partial charge in [-0.15, -0.1) is 0 Å². The third-order valence-corrected chi connectivity index (χ3v) is 2.64. The number of hydrogen-bond donors (Lipinski definition) is 0. The van der Waals surface area contributed by atoms with Crippen LogP contribution in [0, 0.1) is 0 Å². The highest BCUT2D eigenvalue weighted by Crippen LogP contribution is 2.23. The van der Waals surface area contributed by atoms with Crippen molar-refractivity contribution in [3.63, 3.8) is 0 Å². The molecule has 0 bridgehead atoms. The summed E-state index contributed by atoms with van der Waals surface area (Å²) in [5.41, 5.74) is 1.47. The van der Waals surface area contributed by atoms with Gasteiger partial charge in [0.25, 0.3) is 0 Å². The van der Waals surface area contributed by atoms with E-state index in [2.05, 4.69) is 4.99 Å². The topological polar surface area (TPSA) is 32.7 Å². The highest BCUT2D eigenvalue weighted by Gasteiger charge is 2.23. The lowest BCUT2D eigenvalue weighted by Gasteiger charge is -2.24. The average Bonchev–Trinajstić information content (AvgIpc) is 2.52. The molecule has 0 aromatic heterocycles. The summed E-state index contributed by atoms with van der Waals surface area (Å²) >= 11 is 0. The molecule has 3 heteroatoms. The van der Waals surface area contributed by atoms with E-state index >= 15 is 0 Å². The first-order valence-corrected chi connectivity index (χ1v) is 5.19. The number of hydrogen-bond acceptors (Lipinski definition) is 3. The Morgan fingerprint density at radius 3 is 3.12 bits per heavy atom. The van der Waals surface area contributed by atoms with Crippen LogP contribution < -0.4 is 0 Å². The molecule has 0 aromatic rings. The predicted octanol–water partition coefficient (Wildman–Crippen LogP) is 2.08. The lowest BCUT2D eigenvalue weighted by molar-refractivity contribution is -0.114. The van der Waals surface area contributed by atoms with E-state index in [0.717, 1.165) is 11.5 Å². The number of nitrogens with zero attached hydrogens (tertiary/aromatic N) is 2. The summed E-state index contributed by atoms with van der Waals surface area (Å²) < 4.78 is 0. The van der Waals surface area contributed by atoms with Crippen LogP contribution in [-0.4, -0.2) is 16.4 Å². The molecule has 1 aliphatic carbocycles. The van der Waals surface area contributed by atoms with E-state index in [-0.39, 0.29) is 5.78 Å². The molecule has 2 aliphatic heterocycles. The highest BCUT2D eigenvalue weighted by molar-refractivity contribution is 6.29. The summed E-state index contributed by atoms with van der Waals surface area (Å²) in [6.45, 7) is 0. The smallest absolute Gasteiger partial charge is 0.170 e. The van der Waals surface area contributed by atoms with Gasteiger partial charge in [0.2, 0.25) is 0 Å². The zero-order chi connectivity index (χ0) is 11.0. The van der Waals surface area contributed by atoms with Gasteiger partial charge in [-0.3, -0.25) is 4.79 Å². The third-order valence-electron chi connectivity index (χ3n) is 2.64. The van der Waals surface area contributed by atoms with Gasteiger partial charge in [0.15, 0.2) is 5.78 Å². The molecule has 78 valence electrons. The van der Waals surface area contributed by atoms with E-state index in [1.165, 1.54) is 0 Å². The minimum absolute atomic E-state index is 0.130. The lowest BCUT2D eigenvalue weighted by Crippen LogP contribution is -2.24. The molecule has 0 unspecified atom stereocenters. The van der Waals surface area contributed by atoms with E-state index in [9.17, 15) is 4.79 Å². The van der Waals surface area contributed by atoms with Crippen LogP contribution in [0.1, 0.15) is 6.42 Å². The van der Waals surface area contributed by atoms with Gasteiger partial charge in [0.05, 0.1) is 11.3 Å². The number of ketones is 1. The van der Waals surface area contributed by atoms with Gasteiger partial charge >= 0.3 is 0 Å². The molecule has 0 spiro atoms. The highest BCUT2D eigenvalue weighted by atomic mass is 16.1. The van der Waals surface area contributed by atoms with Crippen LogP contribution in [-0.2, 0) is 4.79 Å². The van der Waals surface area contributed by atoms with Gasteiger partial charge in [-0.2, -0.15) is 0 Å². The monoisotopic (exact) mass is 210 g/mol. The molecule has 0 N–H and O–H groups in total. The van der Waals surface area contributed by atoms with Crippen molar-refractivity contribution >= 4 is 11.5 Å². The second-order valence-electron chi connectivity index (χ2n) is 3.73. The summed E-state index contributed by atoms with van der Waals surface area (Å²) in [5.74, 6) is 0.967. The molecule has 0 saturated carbocycles. The maximum absolute atomic E-state index is 11.7. The molecule has 0 fully saturated rings. The Balaban J connectivity index is 2.12. The molecule has 0 aromatic carbocycles. The van der Waals surface area contributed by atoms with Crippen molar-refractivity contribution in [3.8, 4) is 0 Å². The summed E-state index contributed by atoms with van der Waals surface area (Å²) in [6, 6.07) is 0. The predicted molar refractivity (Wildman–Crippen MR) is 62.5 cm³/mol. The minimum Gasteiger partial charge on any atom is -0.308 e. The summed E-state index contributed by atoms with van der Waals surface area (Å²) in [5, 5.41) is 0. The molecular weight excluding hydrogens is 200 g/mol. The van der Waals surface area contributed by atoms with Gasteiger partial charge in [0.1, 0.15) is 5.82 Å². The zero-order valence-corrected chi connectivity index (χ0v) is 8.63. The Labute approximate surface area is 93.5 Å². The van der Waals surface area contributed by atoms with E-state index < -0.39 is 0 Å². The van der Waals surface area contributed by atoms with Crippen molar-refractivity contribution in [3.05, 3.63) is 60.3 Å². The number of rotatable bonds is 0. The third kappa shape index (κ3) is 1.37. The second kappa shape index (κ2) is 3.45. The van der Waals surface area contributed by atoms with Gasteiger partial charge < -0.3 is 4.90 Å². The van der Waals surface area contributed by atoms with Crippen LogP contribution >= 0.6 is 0 Å². The fourth-order valence-corrected chi connectivity index (χ4v) is 1.83. The van der Waals surface area contributed by atoms with E-state index in [1.54, 1.807) is 0 Å². The molecule has 0 radical (unpaired) electrons. The second-order valence-corrected chi connectivity index (χ2v) is 3.73. The standard InChI is InChI=1S/C13H10N2O/c16-12-6-4-5-11-10(12)9-15-8-3-1-2-7-13(15)14-11/h1-5,7-9H,6H2. The molecule has 3 rings (SSSR count). The average molecular weight is 210 g/mol. The fraction of sp³-hybridized carbons (Fsp3) is 0.0769. The molecular formula is C13H10N2O. The van der Waals surface area contributed by atoms with Crippen molar-refractivity contribution in [2.75, 3.05) is 0 Å². The molecule has 0 amide bonds. The number of fused-ring (bicyclic) bond motifs is 2. The molecule has 16 heavy (non-hydrogen) atoms. The van der Waals surface area contributed by atoms with E-state index in [0.29, 0.717) is 12.0 Å². The maximum Gasteiger partial charge on any atom is 0.170 e. The molecule has 3 nitrogen and oxygen atoms in total. The number of allylic oxidation sites excluding steroid dienone is 7. The van der Waals surface area contributed by atoms with Gasteiger partial charge in [0, 0.05) is 18.8 Å². The summed E-state index contributed by atoms with van der Waals surface area (Å²) in [7, 11) is 0. The van der Waals surface area contributed by atoms with Crippen LogP contribution in [0.25, 0.3) is 0 Å². The first-order valence-electron chi connectivity index (χ1n) is 5.19. The summed E-state index contributed by atoms with van der Waals surface area (Å²) in [6.07, 6.45) is 15.7. The van der Waals surface area contributed by atoms with Crippen molar-refractivity contribution in [1.29, 1.82) is 0 Å². The number of Topliss-reactive ketones (excluding diaryl/α,β-unsaturated/α-hetero) is 1.